The van der Waals surface area contributed by atoms with Crippen LogP contribution in [0.25, 0.3) is 0 Å². The van der Waals surface area contributed by atoms with Crippen LogP contribution in [-0.4, -0.2) is 23.6 Å². The molecule has 1 aromatic rings. The number of carbonyl (C=O) groups is 2. The van der Waals surface area contributed by atoms with E-state index in [9.17, 15) is 9.59 Å². The van der Waals surface area contributed by atoms with Gasteiger partial charge in [-0.15, -0.1) is 0 Å². The molecule has 2 rings (SSSR count). The lowest BCUT2D eigenvalue weighted by atomic mass is 10.2. The van der Waals surface area contributed by atoms with Crippen molar-refractivity contribution >= 4 is 17.6 Å². The Bertz CT molecular complexity index is 472. The number of aliphatic carboxylic acids is 1. The molecule has 2 unspecified atom stereocenters. The number of hydrogen-bond donors (Lipinski definition) is 2. The molecular formula is C13H15NO4. The summed E-state index contributed by atoms with van der Waals surface area (Å²) in [6.07, 6.45) is 0.907. The molecule has 2 N–H and O–H groups in total. The first kappa shape index (κ1) is 12.4. The van der Waals surface area contributed by atoms with Gasteiger partial charge in [0, 0.05) is 5.92 Å². The first-order valence-electron chi connectivity index (χ1n) is 5.82. The topological polar surface area (TPSA) is 75.6 Å². The Hall–Kier alpha value is -2.04. The number of carboxylic acid groups (broad SMARTS) is 1. The molecule has 1 aromatic carbocycles. The molecule has 0 heterocycles. The first-order chi connectivity index (χ1) is 8.58. The van der Waals surface area contributed by atoms with Gasteiger partial charge < -0.3 is 15.2 Å². The third kappa shape index (κ3) is 3.00. The van der Waals surface area contributed by atoms with Crippen LogP contribution in [-0.2, 0) is 9.59 Å². The third-order valence-corrected chi connectivity index (χ3v) is 2.94. The van der Waals surface area contributed by atoms with Crippen molar-refractivity contribution < 1.29 is 19.4 Å². The molecule has 1 fully saturated rings. The van der Waals surface area contributed by atoms with E-state index in [1.807, 2.05) is 6.92 Å². The summed E-state index contributed by atoms with van der Waals surface area (Å²) in [6, 6.07) is 6.82. The predicted molar refractivity (Wildman–Crippen MR) is 65.5 cm³/mol. The van der Waals surface area contributed by atoms with E-state index in [1.165, 1.54) is 0 Å². The van der Waals surface area contributed by atoms with Gasteiger partial charge in [-0.25, -0.2) is 4.79 Å². The second-order valence-electron chi connectivity index (χ2n) is 4.49. The molecule has 96 valence electrons. The number of para-hydroxylation sites is 2. The van der Waals surface area contributed by atoms with Crippen LogP contribution in [0.2, 0.25) is 0 Å². The highest BCUT2D eigenvalue weighted by Crippen LogP contribution is 2.39. The van der Waals surface area contributed by atoms with Crippen molar-refractivity contribution in [1.82, 2.24) is 0 Å². The average Bonchev–Trinajstić information content (AvgIpc) is 3.05. The normalized spacial score (nSPS) is 21.2. The van der Waals surface area contributed by atoms with E-state index in [0.717, 1.165) is 6.42 Å². The van der Waals surface area contributed by atoms with Gasteiger partial charge in [-0.1, -0.05) is 19.1 Å². The molecule has 0 bridgehead atoms. The molecule has 0 saturated heterocycles. The predicted octanol–water partition coefficient (Wildman–Crippen LogP) is 1.74. The summed E-state index contributed by atoms with van der Waals surface area (Å²) in [7, 11) is 0. The SMILES string of the molecule is CC1CC1C(=O)Nc1ccccc1OCC(=O)O. The van der Waals surface area contributed by atoms with Crippen LogP contribution >= 0.6 is 0 Å². The lowest BCUT2D eigenvalue weighted by Gasteiger charge is -2.10. The Kier molecular flexibility index (Phi) is 3.50. The Morgan fingerprint density at radius 1 is 1.44 bits per heavy atom. The second kappa shape index (κ2) is 5.08. The molecule has 0 aromatic heterocycles. The maximum Gasteiger partial charge on any atom is 0.341 e. The number of amides is 1. The third-order valence-electron chi connectivity index (χ3n) is 2.94. The van der Waals surface area contributed by atoms with Gasteiger partial charge in [0.05, 0.1) is 5.69 Å². The van der Waals surface area contributed by atoms with E-state index >= 15 is 0 Å². The standard InChI is InChI=1S/C13H15NO4/c1-8-6-9(8)13(17)14-10-4-2-3-5-11(10)18-7-12(15)16/h2-5,8-9H,6-7H2,1H3,(H,14,17)(H,15,16). The maximum absolute atomic E-state index is 11.8. The van der Waals surface area contributed by atoms with E-state index in [4.69, 9.17) is 9.84 Å². The van der Waals surface area contributed by atoms with Gasteiger partial charge >= 0.3 is 5.97 Å². The van der Waals surface area contributed by atoms with E-state index in [0.29, 0.717) is 17.4 Å². The maximum atomic E-state index is 11.8. The Morgan fingerprint density at radius 2 is 2.11 bits per heavy atom. The van der Waals surface area contributed by atoms with Gasteiger partial charge in [-0.3, -0.25) is 4.79 Å². The van der Waals surface area contributed by atoms with Crippen LogP contribution in [0.4, 0.5) is 5.69 Å². The van der Waals surface area contributed by atoms with Gasteiger partial charge in [0.15, 0.2) is 6.61 Å². The Morgan fingerprint density at radius 3 is 2.72 bits per heavy atom. The fourth-order valence-electron chi connectivity index (χ4n) is 1.75. The quantitative estimate of drug-likeness (QED) is 0.833. The average molecular weight is 249 g/mol. The summed E-state index contributed by atoms with van der Waals surface area (Å²) in [4.78, 5) is 22.2. The molecule has 2 atom stereocenters. The van der Waals surface area contributed by atoms with Gasteiger partial charge in [-0.05, 0) is 24.5 Å². The summed E-state index contributed by atoms with van der Waals surface area (Å²) in [6.45, 7) is 1.60. The molecule has 5 heteroatoms. The molecule has 1 aliphatic carbocycles. The minimum absolute atomic E-state index is 0.0334. The lowest BCUT2D eigenvalue weighted by Crippen LogP contribution is -2.16. The van der Waals surface area contributed by atoms with E-state index in [-0.39, 0.29) is 11.8 Å². The van der Waals surface area contributed by atoms with Crippen LogP contribution in [0.3, 0.4) is 0 Å². The Balaban J connectivity index is 2.02. The zero-order valence-corrected chi connectivity index (χ0v) is 10.1. The summed E-state index contributed by atoms with van der Waals surface area (Å²) in [5.74, 6) is -0.211. The molecule has 1 aliphatic rings. The minimum atomic E-state index is -1.05. The van der Waals surface area contributed by atoms with Crippen molar-refractivity contribution in [1.29, 1.82) is 0 Å². The smallest absolute Gasteiger partial charge is 0.341 e. The van der Waals surface area contributed by atoms with Crippen LogP contribution < -0.4 is 10.1 Å². The van der Waals surface area contributed by atoms with Crippen molar-refractivity contribution in [3.63, 3.8) is 0 Å². The number of rotatable bonds is 5. The molecule has 0 radical (unpaired) electrons. The van der Waals surface area contributed by atoms with E-state index < -0.39 is 12.6 Å². The summed E-state index contributed by atoms with van der Waals surface area (Å²) >= 11 is 0. The van der Waals surface area contributed by atoms with Gasteiger partial charge in [0.2, 0.25) is 5.91 Å². The summed E-state index contributed by atoms with van der Waals surface area (Å²) in [5, 5.41) is 11.3. The highest BCUT2D eigenvalue weighted by molar-refractivity contribution is 5.95. The zero-order valence-electron chi connectivity index (χ0n) is 10.1. The van der Waals surface area contributed by atoms with E-state index in [2.05, 4.69) is 5.32 Å². The van der Waals surface area contributed by atoms with Gasteiger partial charge in [0.1, 0.15) is 5.75 Å². The lowest BCUT2D eigenvalue weighted by molar-refractivity contribution is -0.139. The molecule has 0 aliphatic heterocycles. The van der Waals surface area contributed by atoms with Crippen molar-refractivity contribution in [2.75, 3.05) is 11.9 Å². The van der Waals surface area contributed by atoms with Crippen LogP contribution in [0.1, 0.15) is 13.3 Å². The monoisotopic (exact) mass is 249 g/mol. The van der Waals surface area contributed by atoms with Crippen LogP contribution in [0.5, 0.6) is 5.75 Å². The van der Waals surface area contributed by atoms with Crippen molar-refractivity contribution in [2.45, 2.75) is 13.3 Å². The van der Waals surface area contributed by atoms with Crippen molar-refractivity contribution in [3.8, 4) is 5.75 Å². The summed E-state index contributed by atoms with van der Waals surface area (Å²) < 4.78 is 5.11. The number of anilines is 1. The molecular weight excluding hydrogens is 234 g/mol. The summed E-state index contributed by atoms with van der Waals surface area (Å²) in [5.41, 5.74) is 0.517. The molecule has 1 amide bonds. The minimum Gasteiger partial charge on any atom is -0.480 e. The van der Waals surface area contributed by atoms with Crippen molar-refractivity contribution in [2.24, 2.45) is 11.8 Å². The number of nitrogens with one attached hydrogen (secondary N) is 1. The fourth-order valence-corrected chi connectivity index (χ4v) is 1.75. The fraction of sp³-hybridized carbons (Fsp3) is 0.385. The number of carboxylic acids is 1. The number of benzene rings is 1. The highest BCUT2D eigenvalue weighted by atomic mass is 16.5. The zero-order chi connectivity index (χ0) is 13.1. The molecule has 5 nitrogen and oxygen atoms in total. The molecule has 1 saturated carbocycles. The largest absolute Gasteiger partial charge is 0.480 e. The second-order valence-corrected chi connectivity index (χ2v) is 4.49. The molecule has 18 heavy (non-hydrogen) atoms. The van der Waals surface area contributed by atoms with Crippen LogP contribution in [0, 0.1) is 11.8 Å². The van der Waals surface area contributed by atoms with Gasteiger partial charge in [0.25, 0.3) is 0 Å². The number of ether oxygens (including phenoxy) is 1. The number of hydrogen-bond acceptors (Lipinski definition) is 3. The first-order valence-corrected chi connectivity index (χ1v) is 5.82. The molecule has 0 spiro atoms. The van der Waals surface area contributed by atoms with E-state index in [1.54, 1.807) is 24.3 Å². The number of carbonyl (C=O) groups excluding carboxylic acids is 1. The van der Waals surface area contributed by atoms with Crippen molar-refractivity contribution in [3.05, 3.63) is 24.3 Å². The highest BCUT2D eigenvalue weighted by Gasteiger charge is 2.39. The Labute approximate surface area is 105 Å². The van der Waals surface area contributed by atoms with Crippen LogP contribution in [0.15, 0.2) is 24.3 Å². The van der Waals surface area contributed by atoms with Gasteiger partial charge in [-0.2, -0.15) is 0 Å².